The lowest BCUT2D eigenvalue weighted by atomic mass is 10.1. The molecule has 0 heterocycles. The zero-order valence-electron chi connectivity index (χ0n) is 16.3. The quantitative estimate of drug-likeness (QED) is 0.518. The van der Waals surface area contributed by atoms with Gasteiger partial charge >= 0.3 is 0 Å². The molecule has 0 aromatic heterocycles. The van der Waals surface area contributed by atoms with Crippen LogP contribution in [0.4, 0.5) is 0 Å². The molecular formula is C18H44N2. The van der Waals surface area contributed by atoms with Crippen LogP contribution in [-0.4, -0.2) is 42.1 Å². The van der Waals surface area contributed by atoms with Crippen LogP contribution in [0.25, 0.3) is 0 Å². The molecule has 0 aliphatic carbocycles. The maximum Gasteiger partial charge on any atom is 0.0592 e. The summed E-state index contributed by atoms with van der Waals surface area (Å²) < 4.78 is 0. The van der Waals surface area contributed by atoms with Crippen molar-refractivity contribution in [2.24, 2.45) is 5.92 Å². The lowest BCUT2D eigenvalue weighted by Gasteiger charge is -2.36. The van der Waals surface area contributed by atoms with Gasteiger partial charge in [-0.1, -0.05) is 68.7 Å². The Morgan fingerprint density at radius 1 is 0.700 bits per heavy atom. The first kappa shape index (κ1) is 24.9. The van der Waals surface area contributed by atoms with E-state index in [1.807, 2.05) is 27.7 Å². The van der Waals surface area contributed by atoms with Crippen molar-refractivity contribution >= 4 is 0 Å². The Balaban J connectivity index is -0.000000656. The number of hydrogen-bond acceptors (Lipinski definition) is 2. The highest BCUT2D eigenvalue weighted by atomic mass is 15.3. The summed E-state index contributed by atoms with van der Waals surface area (Å²) in [7, 11) is 0. The zero-order valence-corrected chi connectivity index (χ0v) is 16.3. The van der Waals surface area contributed by atoms with Crippen LogP contribution in [0.3, 0.4) is 0 Å². The molecule has 2 heteroatoms. The highest BCUT2D eigenvalue weighted by molar-refractivity contribution is 4.68. The van der Waals surface area contributed by atoms with Crippen LogP contribution in [0, 0.1) is 5.92 Å². The van der Waals surface area contributed by atoms with E-state index < -0.39 is 0 Å². The molecule has 0 N–H and O–H groups in total. The van der Waals surface area contributed by atoms with Crippen molar-refractivity contribution in [3.63, 3.8) is 0 Å². The Hall–Kier alpha value is -0.0800. The van der Waals surface area contributed by atoms with Crippen LogP contribution in [0.5, 0.6) is 0 Å². The second-order valence-electron chi connectivity index (χ2n) is 4.78. The number of hydrogen-bond donors (Lipinski definition) is 0. The standard InChI is InChI=1S/C14H32N2.2C2H6/c1-7-13(5)11-12-16(10-4)14(6)15(8-2)9-3;2*1-2/h13-14H,7-12H2,1-6H3;2*1-2H3. The van der Waals surface area contributed by atoms with E-state index in [0.29, 0.717) is 6.17 Å². The lowest BCUT2D eigenvalue weighted by Crippen LogP contribution is -2.46. The van der Waals surface area contributed by atoms with Gasteiger partial charge in [-0.15, -0.1) is 0 Å². The molecule has 0 aromatic carbocycles. The monoisotopic (exact) mass is 288 g/mol. The van der Waals surface area contributed by atoms with Crippen LogP contribution >= 0.6 is 0 Å². The van der Waals surface area contributed by atoms with Gasteiger partial charge in [0.2, 0.25) is 0 Å². The Labute approximate surface area is 130 Å². The summed E-state index contributed by atoms with van der Waals surface area (Å²) in [5.74, 6) is 0.859. The summed E-state index contributed by atoms with van der Waals surface area (Å²) in [6, 6.07) is 0. The summed E-state index contributed by atoms with van der Waals surface area (Å²) in [6.45, 7) is 26.5. The Morgan fingerprint density at radius 3 is 1.40 bits per heavy atom. The van der Waals surface area contributed by atoms with Crippen molar-refractivity contribution in [1.82, 2.24) is 9.80 Å². The molecule has 0 spiro atoms. The molecule has 0 rings (SSSR count). The summed E-state index contributed by atoms with van der Waals surface area (Å²) in [5, 5.41) is 0. The Bertz CT molecular complexity index is 155. The van der Waals surface area contributed by atoms with Gasteiger partial charge in [0.25, 0.3) is 0 Å². The lowest BCUT2D eigenvalue weighted by molar-refractivity contribution is 0.0625. The minimum Gasteiger partial charge on any atom is -0.289 e. The molecule has 0 amide bonds. The average Bonchev–Trinajstić information content (AvgIpc) is 2.52. The SMILES string of the molecule is CC.CC.CCC(C)CCN(CC)C(C)N(CC)CC. The summed E-state index contributed by atoms with van der Waals surface area (Å²) >= 11 is 0. The topological polar surface area (TPSA) is 6.48 Å². The summed E-state index contributed by atoms with van der Waals surface area (Å²) in [4.78, 5) is 5.12. The van der Waals surface area contributed by atoms with Gasteiger partial charge in [0, 0.05) is 0 Å². The van der Waals surface area contributed by atoms with Gasteiger partial charge in [0.1, 0.15) is 0 Å². The van der Waals surface area contributed by atoms with Crippen LogP contribution in [0.15, 0.2) is 0 Å². The fraction of sp³-hybridized carbons (Fsp3) is 1.00. The van der Waals surface area contributed by atoms with E-state index in [0.717, 1.165) is 25.6 Å². The third kappa shape index (κ3) is 11.7. The van der Waals surface area contributed by atoms with Crippen molar-refractivity contribution in [3.05, 3.63) is 0 Å². The summed E-state index contributed by atoms with van der Waals surface area (Å²) in [5.41, 5.74) is 0. The molecule has 2 nitrogen and oxygen atoms in total. The zero-order chi connectivity index (χ0) is 16.6. The highest BCUT2D eigenvalue weighted by Crippen LogP contribution is 2.11. The molecule has 0 aromatic rings. The van der Waals surface area contributed by atoms with Gasteiger partial charge in [-0.3, -0.25) is 9.80 Å². The number of rotatable bonds is 9. The third-order valence-electron chi connectivity index (χ3n) is 3.88. The Kier molecular flexibility index (Phi) is 23.6. The third-order valence-corrected chi connectivity index (χ3v) is 3.88. The van der Waals surface area contributed by atoms with E-state index in [1.54, 1.807) is 0 Å². The van der Waals surface area contributed by atoms with E-state index in [-0.39, 0.29) is 0 Å². The molecule has 0 aliphatic heterocycles. The van der Waals surface area contributed by atoms with Gasteiger partial charge in [-0.25, -0.2) is 0 Å². The highest BCUT2D eigenvalue weighted by Gasteiger charge is 2.17. The van der Waals surface area contributed by atoms with E-state index in [1.165, 1.54) is 19.4 Å². The molecule has 126 valence electrons. The molecule has 0 fully saturated rings. The average molecular weight is 289 g/mol. The van der Waals surface area contributed by atoms with Crippen molar-refractivity contribution in [3.8, 4) is 0 Å². The maximum absolute atomic E-state index is 2.60. The molecule has 0 radical (unpaired) electrons. The predicted molar refractivity (Wildman–Crippen MR) is 96.4 cm³/mol. The first-order valence-corrected chi connectivity index (χ1v) is 9.08. The molecule has 0 bridgehead atoms. The molecule has 0 saturated carbocycles. The van der Waals surface area contributed by atoms with Gasteiger partial charge in [-0.05, 0) is 45.4 Å². The van der Waals surface area contributed by atoms with Crippen molar-refractivity contribution in [2.75, 3.05) is 26.2 Å². The molecule has 2 unspecified atom stereocenters. The van der Waals surface area contributed by atoms with Gasteiger partial charge in [0.05, 0.1) is 6.17 Å². The number of nitrogens with zero attached hydrogens (tertiary/aromatic N) is 2. The van der Waals surface area contributed by atoms with Gasteiger partial charge in [-0.2, -0.15) is 0 Å². The minimum atomic E-state index is 0.587. The normalized spacial score (nSPS) is 13.2. The molecule has 0 aliphatic rings. The van der Waals surface area contributed by atoms with Crippen LogP contribution in [0.1, 0.15) is 82.1 Å². The smallest absolute Gasteiger partial charge is 0.0592 e. The predicted octanol–water partition coefficient (Wildman–Crippen LogP) is 5.48. The molecule has 2 atom stereocenters. The van der Waals surface area contributed by atoms with Crippen molar-refractivity contribution < 1.29 is 0 Å². The second-order valence-corrected chi connectivity index (χ2v) is 4.78. The van der Waals surface area contributed by atoms with Crippen LogP contribution < -0.4 is 0 Å². The molecule has 20 heavy (non-hydrogen) atoms. The van der Waals surface area contributed by atoms with Crippen LogP contribution in [0.2, 0.25) is 0 Å². The van der Waals surface area contributed by atoms with Crippen molar-refractivity contribution in [2.45, 2.75) is 88.2 Å². The minimum absolute atomic E-state index is 0.587. The molecule has 0 saturated heterocycles. The first-order valence-electron chi connectivity index (χ1n) is 9.08. The van der Waals surface area contributed by atoms with E-state index in [2.05, 4.69) is 51.3 Å². The fourth-order valence-corrected chi connectivity index (χ4v) is 2.18. The molecular weight excluding hydrogens is 244 g/mol. The van der Waals surface area contributed by atoms with Gasteiger partial charge < -0.3 is 0 Å². The van der Waals surface area contributed by atoms with Crippen molar-refractivity contribution in [1.29, 1.82) is 0 Å². The van der Waals surface area contributed by atoms with E-state index in [4.69, 9.17) is 0 Å². The largest absolute Gasteiger partial charge is 0.289 e. The second kappa shape index (κ2) is 18.9. The van der Waals surface area contributed by atoms with E-state index >= 15 is 0 Å². The van der Waals surface area contributed by atoms with E-state index in [9.17, 15) is 0 Å². The fourth-order valence-electron chi connectivity index (χ4n) is 2.18. The van der Waals surface area contributed by atoms with Gasteiger partial charge in [0.15, 0.2) is 0 Å². The maximum atomic E-state index is 2.60. The first-order chi connectivity index (χ1) is 9.60. The Morgan fingerprint density at radius 2 is 1.10 bits per heavy atom. The summed E-state index contributed by atoms with van der Waals surface area (Å²) in [6.07, 6.45) is 3.22. The van der Waals surface area contributed by atoms with Crippen LogP contribution in [-0.2, 0) is 0 Å².